The van der Waals surface area contributed by atoms with E-state index in [1.807, 2.05) is 42.5 Å². The summed E-state index contributed by atoms with van der Waals surface area (Å²) in [5.41, 5.74) is 2.26. The maximum absolute atomic E-state index is 13.7. The van der Waals surface area contributed by atoms with Gasteiger partial charge in [0.25, 0.3) is 5.91 Å². The van der Waals surface area contributed by atoms with Gasteiger partial charge in [0, 0.05) is 6.54 Å². The summed E-state index contributed by atoms with van der Waals surface area (Å²) >= 11 is 0. The van der Waals surface area contributed by atoms with Crippen LogP contribution in [0.25, 0.3) is 0 Å². The van der Waals surface area contributed by atoms with Gasteiger partial charge in [0.05, 0.1) is 24.6 Å². The SMILES string of the molecule is COc1ccc(C2C3=C(OC4CCCCC4C3=O)C(=O)N2Cc2ccc3c(c2)OCO3)cc1. The van der Waals surface area contributed by atoms with Crippen LogP contribution in [0.15, 0.2) is 53.8 Å². The van der Waals surface area contributed by atoms with Gasteiger partial charge >= 0.3 is 0 Å². The van der Waals surface area contributed by atoms with E-state index in [4.69, 9.17) is 18.9 Å². The number of benzene rings is 2. The molecule has 2 aromatic rings. The Bertz CT molecular complexity index is 1150. The predicted molar refractivity (Wildman–Crippen MR) is 118 cm³/mol. The minimum atomic E-state index is -0.501. The fourth-order valence-electron chi connectivity index (χ4n) is 5.42. The average molecular weight is 447 g/mol. The number of carbonyl (C=O) groups excluding carboxylic acids is 2. The number of amides is 1. The van der Waals surface area contributed by atoms with Gasteiger partial charge in [-0.15, -0.1) is 0 Å². The molecular formula is C26H25NO6. The highest BCUT2D eigenvalue weighted by molar-refractivity contribution is 6.11. The van der Waals surface area contributed by atoms with Gasteiger partial charge in [-0.1, -0.05) is 24.6 Å². The summed E-state index contributed by atoms with van der Waals surface area (Å²) in [5, 5.41) is 0. The van der Waals surface area contributed by atoms with Gasteiger partial charge in [-0.05, 0) is 54.7 Å². The maximum Gasteiger partial charge on any atom is 0.290 e. The third-order valence-electron chi connectivity index (χ3n) is 7.08. The minimum Gasteiger partial charge on any atom is -0.497 e. The summed E-state index contributed by atoms with van der Waals surface area (Å²) in [4.78, 5) is 29.0. The van der Waals surface area contributed by atoms with Crippen molar-refractivity contribution in [1.82, 2.24) is 4.90 Å². The third kappa shape index (κ3) is 3.25. The molecule has 1 aliphatic carbocycles. The molecule has 3 atom stereocenters. The predicted octanol–water partition coefficient (Wildman–Crippen LogP) is 3.92. The molecule has 0 radical (unpaired) electrons. The van der Waals surface area contributed by atoms with Crippen LogP contribution in [-0.2, 0) is 20.9 Å². The molecule has 0 spiro atoms. The lowest BCUT2D eigenvalue weighted by molar-refractivity contribution is -0.135. The van der Waals surface area contributed by atoms with Crippen molar-refractivity contribution in [3.63, 3.8) is 0 Å². The van der Waals surface area contributed by atoms with E-state index < -0.39 is 6.04 Å². The summed E-state index contributed by atoms with van der Waals surface area (Å²) in [6.45, 7) is 0.516. The van der Waals surface area contributed by atoms with Crippen LogP contribution in [0.1, 0.15) is 42.9 Å². The molecule has 4 aliphatic rings. The molecule has 3 heterocycles. The number of methoxy groups -OCH3 is 1. The number of ether oxygens (including phenoxy) is 4. The largest absolute Gasteiger partial charge is 0.497 e. The smallest absolute Gasteiger partial charge is 0.290 e. The fraction of sp³-hybridized carbons (Fsp3) is 0.385. The zero-order valence-corrected chi connectivity index (χ0v) is 18.4. The quantitative estimate of drug-likeness (QED) is 0.707. The summed E-state index contributed by atoms with van der Waals surface area (Å²) in [5.74, 6) is 1.96. The number of carbonyl (C=O) groups is 2. The molecule has 170 valence electrons. The van der Waals surface area contributed by atoms with Crippen LogP contribution in [0.5, 0.6) is 17.2 Å². The number of Topliss-reactive ketones (excluding diaryl/α,β-unsaturated/α-hetero) is 1. The van der Waals surface area contributed by atoms with Crippen molar-refractivity contribution in [3.8, 4) is 17.2 Å². The Hall–Kier alpha value is -3.48. The van der Waals surface area contributed by atoms with Crippen LogP contribution in [0, 0.1) is 5.92 Å². The van der Waals surface area contributed by atoms with Crippen molar-refractivity contribution in [2.45, 2.75) is 44.4 Å². The van der Waals surface area contributed by atoms with Crippen LogP contribution in [0.2, 0.25) is 0 Å². The molecule has 3 aliphatic heterocycles. The zero-order valence-electron chi connectivity index (χ0n) is 18.4. The summed E-state index contributed by atoms with van der Waals surface area (Å²) in [7, 11) is 1.61. The van der Waals surface area contributed by atoms with Crippen molar-refractivity contribution in [2.75, 3.05) is 13.9 Å². The summed E-state index contributed by atoms with van der Waals surface area (Å²) < 4.78 is 22.5. The second kappa shape index (κ2) is 7.83. The van der Waals surface area contributed by atoms with Gasteiger partial charge in [-0.3, -0.25) is 9.59 Å². The Morgan fingerprint density at radius 1 is 1.00 bits per heavy atom. The molecule has 2 aromatic carbocycles. The molecular weight excluding hydrogens is 422 g/mol. The van der Waals surface area contributed by atoms with E-state index >= 15 is 0 Å². The normalized spacial score (nSPS) is 25.6. The highest BCUT2D eigenvalue weighted by Crippen LogP contribution is 2.47. The molecule has 0 saturated heterocycles. The molecule has 6 rings (SSSR count). The second-order valence-electron chi connectivity index (χ2n) is 8.95. The third-order valence-corrected chi connectivity index (χ3v) is 7.08. The first-order valence-electron chi connectivity index (χ1n) is 11.4. The molecule has 1 fully saturated rings. The Morgan fingerprint density at radius 2 is 1.79 bits per heavy atom. The Balaban J connectivity index is 1.40. The van der Waals surface area contributed by atoms with Crippen molar-refractivity contribution in [3.05, 3.63) is 64.9 Å². The van der Waals surface area contributed by atoms with E-state index in [9.17, 15) is 9.59 Å². The highest BCUT2D eigenvalue weighted by Gasteiger charge is 2.51. The van der Waals surface area contributed by atoms with Gasteiger partial charge in [0.2, 0.25) is 6.79 Å². The second-order valence-corrected chi connectivity index (χ2v) is 8.95. The lowest BCUT2D eigenvalue weighted by atomic mass is 9.77. The summed E-state index contributed by atoms with van der Waals surface area (Å²) in [6.07, 6.45) is 3.47. The van der Waals surface area contributed by atoms with E-state index in [2.05, 4.69) is 0 Å². The molecule has 0 bridgehead atoms. The number of nitrogens with zero attached hydrogens (tertiary/aromatic N) is 1. The topological polar surface area (TPSA) is 74.3 Å². The van der Waals surface area contributed by atoms with E-state index in [0.29, 0.717) is 23.6 Å². The van der Waals surface area contributed by atoms with Gasteiger partial charge in [-0.2, -0.15) is 0 Å². The van der Waals surface area contributed by atoms with Gasteiger partial charge in [0.1, 0.15) is 11.9 Å². The minimum absolute atomic E-state index is 0.0586. The van der Waals surface area contributed by atoms with E-state index in [1.54, 1.807) is 12.0 Å². The van der Waals surface area contributed by atoms with Crippen LogP contribution in [-0.4, -0.2) is 36.6 Å². The monoisotopic (exact) mass is 447 g/mol. The van der Waals surface area contributed by atoms with Gasteiger partial charge in [0.15, 0.2) is 23.0 Å². The number of ketones is 1. The molecule has 3 unspecified atom stereocenters. The number of hydrogen-bond donors (Lipinski definition) is 0. The Labute approximate surface area is 191 Å². The van der Waals surface area contributed by atoms with Gasteiger partial charge < -0.3 is 23.8 Å². The fourth-order valence-corrected chi connectivity index (χ4v) is 5.42. The van der Waals surface area contributed by atoms with E-state index in [-0.39, 0.29) is 36.3 Å². The lowest BCUT2D eigenvalue weighted by Gasteiger charge is -2.35. The molecule has 7 heteroatoms. The average Bonchev–Trinajstić information content (AvgIpc) is 3.42. The molecule has 7 nitrogen and oxygen atoms in total. The van der Waals surface area contributed by atoms with Crippen molar-refractivity contribution < 1.29 is 28.5 Å². The van der Waals surface area contributed by atoms with Crippen LogP contribution in [0.4, 0.5) is 0 Å². The first kappa shape index (κ1) is 20.1. The molecule has 0 aromatic heterocycles. The van der Waals surface area contributed by atoms with Crippen molar-refractivity contribution >= 4 is 11.7 Å². The Morgan fingerprint density at radius 3 is 2.61 bits per heavy atom. The molecule has 0 N–H and O–H groups in total. The summed E-state index contributed by atoms with van der Waals surface area (Å²) in [6, 6.07) is 12.7. The number of rotatable bonds is 4. The maximum atomic E-state index is 13.7. The molecule has 1 amide bonds. The van der Waals surface area contributed by atoms with Gasteiger partial charge in [-0.25, -0.2) is 0 Å². The number of fused-ring (bicyclic) bond motifs is 2. The van der Waals surface area contributed by atoms with E-state index in [0.717, 1.165) is 42.6 Å². The van der Waals surface area contributed by atoms with Crippen molar-refractivity contribution in [2.24, 2.45) is 5.92 Å². The standard InChI is InChI=1S/C26H25NO6/c1-30-17-9-7-16(8-10-17)23-22-24(28)18-4-2-3-5-19(18)33-25(22)26(29)27(23)13-15-6-11-20-21(12-15)32-14-31-20/h6-12,18-19,23H,2-5,13-14H2,1H3. The van der Waals surface area contributed by atoms with Crippen LogP contribution in [0.3, 0.4) is 0 Å². The van der Waals surface area contributed by atoms with Crippen molar-refractivity contribution in [1.29, 1.82) is 0 Å². The number of hydrogen-bond acceptors (Lipinski definition) is 6. The van der Waals surface area contributed by atoms with E-state index in [1.165, 1.54) is 0 Å². The Kier molecular flexibility index (Phi) is 4.78. The first-order valence-corrected chi connectivity index (χ1v) is 11.4. The molecule has 33 heavy (non-hydrogen) atoms. The first-order chi connectivity index (χ1) is 16.1. The zero-order chi connectivity index (χ0) is 22.5. The lowest BCUT2D eigenvalue weighted by Crippen LogP contribution is -2.39. The van der Waals surface area contributed by atoms with Crippen LogP contribution >= 0.6 is 0 Å². The highest BCUT2D eigenvalue weighted by atomic mass is 16.7. The van der Waals surface area contributed by atoms with Crippen LogP contribution < -0.4 is 14.2 Å². The molecule has 1 saturated carbocycles.